The van der Waals surface area contributed by atoms with E-state index >= 15 is 0 Å². The van der Waals surface area contributed by atoms with Gasteiger partial charge in [-0.25, -0.2) is 14.8 Å². The Kier molecular flexibility index (Phi) is 6.50. The van der Waals surface area contributed by atoms with Gasteiger partial charge in [0.1, 0.15) is 11.9 Å². The molecule has 0 radical (unpaired) electrons. The second kappa shape index (κ2) is 9.87. The second-order valence-electron chi connectivity index (χ2n) is 9.29. The molecule has 5 aromatic rings. The smallest absolute Gasteiger partial charge is 0.456 e. The van der Waals surface area contributed by atoms with Gasteiger partial charge >= 0.3 is 12.1 Å². The number of thiazole rings is 1. The lowest BCUT2D eigenvalue weighted by molar-refractivity contribution is -0.206. The normalized spacial score (nSPS) is 18.2. The molecule has 1 aromatic carbocycles. The van der Waals surface area contributed by atoms with E-state index in [0.29, 0.717) is 37.0 Å². The first-order valence-corrected chi connectivity index (χ1v) is 14.2. The van der Waals surface area contributed by atoms with Gasteiger partial charge in [-0.15, -0.1) is 11.3 Å². The molecule has 1 saturated carbocycles. The van der Waals surface area contributed by atoms with Crippen LogP contribution in [0.2, 0.25) is 0 Å². The van der Waals surface area contributed by atoms with Gasteiger partial charge in [-0.2, -0.15) is 18.3 Å². The lowest BCUT2D eigenvalue weighted by Gasteiger charge is -2.28. The van der Waals surface area contributed by atoms with E-state index in [1.54, 1.807) is 35.5 Å². The van der Waals surface area contributed by atoms with Crippen LogP contribution in [0.1, 0.15) is 31.7 Å². The van der Waals surface area contributed by atoms with E-state index in [0.717, 1.165) is 36.6 Å². The number of aromatic nitrogens is 4. The predicted octanol–water partition coefficient (Wildman–Crippen LogP) is 6.86. The van der Waals surface area contributed by atoms with Crippen molar-refractivity contribution in [3.8, 4) is 22.5 Å². The predicted molar refractivity (Wildman–Crippen MR) is 143 cm³/mol. The molecule has 0 atom stereocenters. The van der Waals surface area contributed by atoms with Gasteiger partial charge in [-0.1, -0.05) is 17.8 Å². The van der Waals surface area contributed by atoms with Gasteiger partial charge in [-0.3, -0.25) is 4.68 Å². The summed E-state index contributed by atoms with van der Waals surface area (Å²) in [5, 5.41) is 5.32. The van der Waals surface area contributed by atoms with E-state index in [1.165, 1.54) is 0 Å². The summed E-state index contributed by atoms with van der Waals surface area (Å²) in [5.74, 6) is -1.20. The number of ether oxygens (including phenoxy) is 1. The topological polar surface area (TPSA) is 109 Å². The lowest BCUT2D eigenvalue weighted by Crippen LogP contribution is -2.32. The van der Waals surface area contributed by atoms with E-state index in [-0.39, 0.29) is 11.9 Å². The molecular formula is C26H22F3N5O3S2. The molecule has 202 valence electrons. The van der Waals surface area contributed by atoms with Crippen LogP contribution >= 0.6 is 23.1 Å². The summed E-state index contributed by atoms with van der Waals surface area (Å²) in [6, 6.07) is 7.84. The van der Waals surface area contributed by atoms with Crippen LogP contribution in [0, 0.1) is 0 Å². The molecule has 39 heavy (non-hydrogen) atoms. The van der Waals surface area contributed by atoms with Gasteiger partial charge in [0.05, 0.1) is 22.5 Å². The number of thioether (sulfide) groups is 1. The zero-order chi connectivity index (χ0) is 27.3. The van der Waals surface area contributed by atoms with Crippen molar-refractivity contribution in [2.45, 2.75) is 48.3 Å². The van der Waals surface area contributed by atoms with Crippen molar-refractivity contribution < 1.29 is 27.1 Å². The Labute approximate surface area is 228 Å². The fourth-order valence-electron chi connectivity index (χ4n) is 4.94. The number of halogens is 3. The maximum atomic E-state index is 12.5. The second-order valence-corrected chi connectivity index (χ2v) is 11.3. The fraction of sp³-hybridized carbons (Fsp3) is 0.308. The third-order valence-electron chi connectivity index (χ3n) is 6.86. The average molecular weight is 574 g/mol. The van der Waals surface area contributed by atoms with E-state index in [4.69, 9.17) is 10.2 Å². The molecule has 8 nitrogen and oxygen atoms in total. The van der Waals surface area contributed by atoms with Gasteiger partial charge in [0, 0.05) is 34.5 Å². The van der Waals surface area contributed by atoms with Crippen LogP contribution in [0.4, 0.5) is 19.0 Å². The number of alkyl halides is 3. The highest BCUT2D eigenvalue weighted by Crippen LogP contribution is 2.41. The third kappa shape index (κ3) is 4.84. The molecule has 0 bridgehead atoms. The number of hydrogen-bond acceptors (Lipinski definition) is 9. The number of nitrogen functional groups attached to an aromatic ring is 1. The van der Waals surface area contributed by atoms with Crippen molar-refractivity contribution in [2.75, 3.05) is 12.0 Å². The van der Waals surface area contributed by atoms with Crippen LogP contribution in [-0.4, -0.2) is 44.3 Å². The first-order valence-electron chi connectivity index (χ1n) is 12.2. The summed E-state index contributed by atoms with van der Waals surface area (Å²) in [4.78, 5) is 20.1. The summed E-state index contributed by atoms with van der Waals surface area (Å²) in [5.41, 5.74) is 10.1. The number of furan rings is 1. The van der Waals surface area contributed by atoms with Gasteiger partial charge in [-0.05, 0) is 50.1 Å². The highest BCUT2D eigenvalue weighted by atomic mass is 32.2. The number of fused-ring (bicyclic) bond motifs is 2. The summed E-state index contributed by atoms with van der Waals surface area (Å²) >= 11 is 3.20. The largest absolute Gasteiger partial charge is 0.490 e. The van der Waals surface area contributed by atoms with Crippen molar-refractivity contribution in [3.63, 3.8) is 0 Å². The Morgan fingerprint density at radius 3 is 2.74 bits per heavy atom. The molecule has 2 N–H and O–H groups in total. The standard InChI is InChI=1S/C26H22F3N5O3S2/c1-38-25-33-19-4-2-3-16(22(19)39-25)20-9-17-18(11-31-23(30)21(17)37-20)13-10-32-34(12-13)14-5-7-15(8-6-14)36-24(35)26(27,28)29/h2-4,9-12,14-15H,5-8H2,1H3,(H2,30,31). The Hall–Kier alpha value is -3.58. The number of hydrogen-bond donors (Lipinski definition) is 1. The minimum atomic E-state index is -4.98. The SMILES string of the molecule is CSc1nc2cccc(-c3cc4c(-c5cnn(C6CCC(OC(=O)C(F)(F)F)CC6)c5)cnc(N)c4o3)c2s1. The molecular weight excluding hydrogens is 551 g/mol. The van der Waals surface area contributed by atoms with Crippen molar-refractivity contribution in [3.05, 3.63) is 42.9 Å². The van der Waals surface area contributed by atoms with Crippen molar-refractivity contribution in [1.29, 1.82) is 0 Å². The average Bonchev–Trinajstić information content (AvgIpc) is 3.67. The monoisotopic (exact) mass is 573 g/mol. The number of nitrogens with two attached hydrogens (primary N) is 1. The molecule has 0 aliphatic heterocycles. The van der Waals surface area contributed by atoms with Crippen LogP contribution in [0.3, 0.4) is 0 Å². The number of esters is 1. The molecule has 0 spiro atoms. The maximum Gasteiger partial charge on any atom is 0.490 e. The first-order chi connectivity index (χ1) is 18.7. The summed E-state index contributed by atoms with van der Waals surface area (Å²) in [6.45, 7) is 0. The molecule has 1 aliphatic rings. The van der Waals surface area contributed by atoms with Gasteiger partial charge in [0.15, 0.2) is 15.7 Å². The molecule has 1 fully saturated rings. The van der Waals surface area contributed by atoms with Crippen LogP contribution in [-0.2, 0) is 9.53 Å². The Morgan fingerprint density at radius 2 is 2.00 bits per heavy atom. The number of benzene rings is 1. The number of anilines is 1. The number of carbonyl (C=O) groups is 1. The minimum Gasteiger partial charge on any atom is -0.456 e. The van der Waals surface area contributed by atoms with Crippen molar-refractivity contribution in [1.82, 2.24) is 19.7 Å². The molecule has 0 unspecified atom stereocenters. The van der Waals surface area contributed by atoms with Gasteiger partial charge in [0.25, 0.3) is 0 Å². The summed E-state index contributed by atoms with van der Waals surface area (Å²) < 4.78 is 52.2. The zero-order valence-corrected chi connectivity index (χ0v) is 22.2. The van der Waals surface area contributed by atoms with Crippen LogP contribution in [0.5, 0.6) is 0 Å². The van der Waals surface area contributed by atoms with E-state index in [1.807, 2.05) is 41.4 Å². The molecule has 4 aromatic heterocycles. The summed E-state index contributed by atoms with van der Waals surface area (Å²) in [7, 11) is 0. The maximum absolute atomic E-state index is 12.5. The molecule has 0 saturated heterocycles. The Morgan fingerprint density at radius 1 is 1.21 bits per heavy atom. The van der Waals surface area contributed by atoms with E-state index in [9.17, 15) is 18.0 Å². The van der Waals surface area contributed by atoms with Gasteiger partial charge < -0.3 is 14.9 Å². The van der Waals surface area contributed by atoms with Crippen LogP contribution in [0.15, 0.2) is 51.6 Å². The number of pyridine rings is 1. The zero-order valence-electron chi connectivity index (χ0n) is 20.6. The van der Waals surface area contributed by atoms with Crippen molar-refractivity contribution >= 4 is 56.1 Å². The van der Waals surface area contributed by atoms with Crippen LogP contribution in [0.25, 0.3) is 43.6 Å². The minimum absolute atomic E-state index is 0.0220. The molecule has 13 heteroatoms. The van der Waals surface area contributed by atoms with Crippen LogP contribution < -0.4 is 5.73 Å². The third-order valence-corrected chi connectivity index (χ3v) is 8.95. The lowest BCUT2D eigenvalue weighted by atomic mass is 9.93. The number of carbonyl (C=O) groups excluding carboxylic acids is 1. The Balaban J connectivity index is 1.27. The van der Waals surface area contributed by atoms with E-state index < -0.39 is 18.2 Å². The molecule has 1 aliphatic carbocycles. The highest BCUT2D eigenvalue weighted by molar-refractivity contribution is 8.00. The Bertz CT molecular complexity index is 1690. The molecule has 6 rings (SSSR count). The quantitative estimate of drug-likeness (QED) is 0.179. The number of rotatable bonds is 5. The molecule has 0 amide bonds. The first kappa shape index (κ1) is 25.7. The molecule has 4 heterocycles. The summed E-state index contributed by atoms with van der Waals surface area (Å²) in [6.07, 6.45) is 3.32. The highest BCUT2D eigenvalue weighted by Gasteiger charge is 2.42. The van der Waals surface area contributed by atoms with E-state index in [2.05, 4.69) is 19.8 Å². The van der Waals surface area contributed by atoms with Crippen molar-refractivity contribution in [2.24, 2.45) is 0 Å². The van der Waals surface area contributed by atoms with Gasteiger partial charge in [0.2, 0.25) is 0 Å². The fourth-order valence-corrected chi connectivity index (χ4v) is 6.53. The number of nitrogens with zero attached hydrogens (tertiary/aromatic N) is 4.